The van der Waals surface area contributed by atoms with Crippen molar-refractivity contribution in [2.45, 2.75) is 18.4 Å². The number of benzene rings is 1. The maximum atomic E-state index is 13.7. The van der Waals surface area contributed by atoms with Gasteiger partial charge in [0.25, 0.3) is 0 Å². The predicted octanol–water partition coefficient (Wildman–Crippen LogP) is 2.91. The van der Waals surface area contributed by atoms with Crippen LogP contribution in [-0.2, 0) is 16.6 Å². The second-order valence-electron chi connectivity index (χ2n) is 4.26. The van der Waals surface area contributed by atoms with Crippen LogP contribution in [0.2, 0.25) is 0 Å². The molecule has 0 bridgehead atoms. The second-order valence-corrected chi connectivity index (χ2v) is 6.17. The lowest BCUT2D eigenvalue weighted by Crippen LogP contribution is -2.31. The van der Waals surface area contributed by atoms with E-state index in [4.69, 9.17) is 4.42 Å². The Kier molecular flexibility index (Phi) is 4.38. The van der Waals surface area contributed by atoms with E-state index < -0.39 is 32.4 Å². The van der Waals surface area contributed by atoms with Gasteiger partial charge in [-0.05, 0) is 12.1 Å². The summed E-state index contributed by atoms with van der Waals surface area (Å²) in [5, 5.41) is 0. The zero-order chi connectivity index (χ0) is 15.6. The minimum absolute atomic E-state index is 0.0337. The van der Waals surface area contributed by atoms with Crippen LogP contribution < -0.4 is 0 Å². The fraction of sp³-hybridized carbons (Fsp3) is 0.231. The monoisotopic (exact) mass is 319 g/mol. The molecule has 2 aromatic rings. The third-order valence-electron chi connectivity index (χ3n) is 2.88. The van der Waals surface area contributed by atoms with Crippen LogP contribution in [-0.4, -0.2) is 19.3 Å². The Bertz CT molecular complexity index is 729. The van der Waals surface area contributed by atoms with Gasteiger partial charge in [-0.1, -0.05) is 6.92 Å². The first-order valence-electron chi connectivity index (χ1n) is 6.02. The summed E-state index contributed by atoms with van der Waals surface area (Å²) in [6.07, 6.45) is 2.72. The van der Waals surface area contributed by atoms with Crippen molar-refractivity contribution < 1.29 is 26.0 Å². The summed E-state index contributed by atoms with van der Waals surface area (Å²) in [7, 11) is -4.29. The summed E-state index contributed by atoms with van der Waals surface area (Å²) in [5.41, 5.74) is 0.559. The normalized spacial score (nSPS) is 12.0. The van der Waals surface area contributed by atoms with Crippen molar-refractivity contribution in [3.63, 3.8) is 0 Å². The maximum Gasteiger partial charge on any atom is 0.246 e. The molecule has 0 saturated carbocycles. The first-order valence-corrected chi connectivity index (χ1v) is 7.46. The zero-order valence-corrected chi connectivity index (χ0v) is 11.8. The fourth-order valence-corrected chi connectivity index (χ4v) is 3.29. The highest BCUT2D eigenvalue weighted by atomic mass is 32.2. The van der Waals surface area contributed by atoms with Crippen molar-refractivity contribution in [1.82, 2.24) is 4.31 Å². The largest absolute Gasteiger partial charge is 0.472 e. The number of hydrogen-bond acceptors (Lipinski definition) is 3. The zero-order valence-electron chi connectivity index (χ0n) is 11.0. The van der Waals surface area contributed by atoms with Gasteiger partial charge in [-0.3, -0.25) is 0 Å². The molecule has 0 aliphatic heterocycles. The molecule has 0 amide bonds. The highest BCUT2D eigenvalue weighted by Gasteiger charge is 2.28. The Morgan fingerprint density at radius 3 is 2.38 bits per heavy atom. The van der Waals surface area contributed by atoms with Crippen LogP contribution in [0.5, 0.6) is 0 Å². The van der Waals surface area contributed by atoms with Gasteiger partial charge in [0.15, 0.2) is 11.6 Å². The molecule has 114 valence electrons. The highest BCUT2D eigenvalue weighted by molar-refractivity contribution is 7.89. The Hall–Kier alpha value is -1.80. The Balaban J connectivity index is 2.42. The molecule has 1 aromatic carbocycles. The molecule has 0 radical (unpaired) electrons. The minimum atomic E-state index is -4.29. The molecule has 0 unspecified atom stereocenters. The van der Waals surface area contributed by atoms with Crippen LogP contribution in [0.1, 0.15) is 12.5 Å². The van der Waals surface area contributed by atoms with Crippen molar-refractivity contribution in [2.75, 3.05) is 6.54 Å². The highest BCUT2D eigenvalue weighted by Crippen LogP contribution is 2.23. The summed E-state index contributed by atoms with van der Waals surface area (Å²) in [5.74, 6) is -4.20. The van der Waals surface area contributed by atoms with Crippen molar-refractivity contribution >= 4 is 10.0 Å². The molecule has 4 nitrogen and oxygen atoms in total. The van der Waals surface area contributed by atoms with Gasteiger partial charge < -0.3 is 4.42 Å². The first kappa shape index (κ1) is 15.6. The Morgan fingerprint density at radius 1 is 1.14 bits per heavy atom. The standard InChI is InChI=1S/C13H12F3NO3S/c1-2-17(7-9-3-4-20-8-9)21(18,19)13-6-11(15)10(14)5-12(13)16/h3-6,8H,2,7H2,1H3. The van der Waals surface area contributed by atoms with Crippen LogP contribution in [0.15, 0.2) is 40.0 Å². The molecule has 0 fully saturated rings. The van der Waals surface area contributed by atoms with E-state index in [-0.39, 0.29) is 19.2 Å². The van der Waals surface area contributed by atoms with E-state index in [1.807, 2.05) is 0 Å². The van der Waals surface area contributed by atoms with E-state index in [0.29, 0.717) is 11.6 Å². The van der Waals surface area contributed by atoms with Crippen LogP contribution in [0, 0.1) is 17.5 Å². The molecular formula is C13H12F3NO3S. The summed E-state index contributed by atoms with van der Waals surface area (Å²) in [6, 6.07) is 2.12. The molecule has 0 atom stereocenters. The average Bonchev–Trinajstić information content (AvgIpc) is 2.92. The van der Waals surface area contributed by atoms with Gasteiger partial charge in [-0.2, -0.15) is 4.31 Å². The lowest BCUT2D eigenvalue weighted by molar-refractivity contribution is 0.414. The van der Waals surface area contributed by atoms with Gasteiger partial charge in [-0.15, -0.1) is 0 Å². The van der Waals surface area contributed by atoms with Gasteiger partial charge in [0.1, 0.15) is 10.7 Å². The third-order valence-corrected chi connectivity index (χ3v) is 4.82. The van der Waals surface area contributed by atoms with Gasteiger partial charge in [-0.25, -0.2) is 21.6 Å². The van der Waals surface area contributed by atoms with Crippen LogP contribution in [0.3, 0.4) is 0 Å². The molecule has 1 aromatic heterocycles. The molecule has 0 N–H and O–H groups in total. The molecular weight excluding hydrogens is 307 g/mol. The number of hydrogen-bond donors (Lipinski definition) is 0. The molecule has 0 saturated heterocycles. The van der Waals surface area contributed by atoms with Gasteiger partial charge >= 0.3 is 0 Å². The molecule has 0 aliphatic carbocycles. The van der Waals surface area contributed by atoms with E-state index in [2.05, 4.69) is 0 Å². The molecule has 1 heterocycles. The number of sulfonamides is 1. The predicted molar refractivity (Wildman–Crippen MR) is 68.3 cm³/mol. The van der Waals surface area contributed by atoms with Crippen LogP contribution in [0.25, 0.3) is 0 Å². The Labute approximate surface area is 119 Å². The van der Waals surface area contributed by atoms with Gasteiger partial charge in [0, 0.05) is 24.7 Å². The lowest BCUT2D eigenvalue weighted by atomic mass is 10.3. The summed E-state index contributed by atoms with van der Waals surface area (Å²) in [6.45, 7) is 1.52. The maximum absolute atomic E-state index is 13.7. The summed E-state index contributed by atoms with van der Waals surface area (Å²) < 4.78 is 70.2. The fourth-order valence-electron chi connectivity index (χ4n) is 1.79. The lowest BCUT2D eigenvalue weighted by Gasteiger charge is -2.20. The Morgan fingerprint density at radius 2 is 1.81 bits per heavy atom. The van der Waals surface area contributed by atoms with E-state index >= 15 is 0 Å². The van der Waals surface area contributed by atoms with E-state index in [9.17, 15) is 21.6 Å². The number of nitrogens with zero attached hydrogens (tertiary/aromatic N) is 1. The number of rotatable bonds is 5. The molecule has 8 heteroatoms. The van der Waals surface area contributed by atoms with Crippen LogP contribution in [0.4, 0.5) is 13.2 Å². The van der Waals surface area contributed by atoms with Crippen molar-refractivity contribution in [1.29, 1.82) is 0 Å². The van der Waals surface area contributed by atoms with Crippen molar-refractivity contribution in [2.24, 2.45) is 0 Å². The molecule has 2 rings (SSSR count). The molecule has 0 aliphatic rings. The van der Waals surface area contributed by atoms with E-state index in [0.717, 1.165) is 4.31 Å². The quantitative estimate of drug-likeness (QED) is 0.796. The second kappa shape index (κ2) is 5.90. The third kappa shape index (κ3) is 3.11. The molecule has 0 spiro atoms. The van der Waals surface area contributed by atoms with Crippen molar-refractivity contribution in [3.8, 4) is 0 Å². The smallest absolute Gasteiger partial charge is 0.246 e. The number of furan rings is 1. The summed E-state index contributed by atoms with van der Waals surface area (Å²) in [4.78, 5) is -0.897. The SMILES string of the molecule is CCN(Cc1ccoc1)S(=O)(=O)c1cc(F)c(F)cc1F. The van der Waals surface area contributed by atoms with E-state index in [1.165, 1.54) is 12.5 Å². The van der Waals surface area contributed by atoms with Gasteiger partial charge in [0.05, 0.1) is 12.5 Å². The first-order chi connectivity index (χ1) is 9.86. The topological polar surface area (TPSA) is 50.5 Å². The number of halogens is 3. The van der Waals surface area contributed by atoms with Crippen LogP contribution >= 0.6 is 0 Å². The van der Waals surface area contributed by atoms with E-state index in [1.54, 1.807) is 13.0 Å². The summed E-state index contributed by atoms with van der Waals surface area (Å²) >= 11 is 0. The molecule has 21 heavy (non-hydrogen) atoms. The minimum Gasteiger partial charge on any atom is -0.472 e. The van der Waals surface area contributed by atoms with Gasteiger partial charge in [0.2, 0.25) is 10.0 Å². The van der Waals surface area contributed by atoms with Crippen molar-refractivity contribution in [3.05, 3.63) is 53.7 Å². The average molecular weight is 319 g/mol.